The summed E-state index contributed by atoms with van der Waals surface area (Å²) in [7, 11) is 0. The minimum Gasteiger partial charge on any atom is -0.548 e. The normalized spacial score (nSPS) is 12.1. The van der Waals surface area contributed by atoms with Crippen molar-refractivity contribution in [3.8, 4) is 0 Å². The van der Waals surface area contributed by atoms with E-state index in [4.69, 9.17) is 5.73 Å². The van der Waals surface area contributed by atoms with Gasteiger partial charge in [-0.15, -0.1) is 0 Å². The minimum absolute atomic E-state index is 0. The fourth-order valence-corrected chi connectivity index (χ4v) is 1.62. The third-order valence-corrected chi connectivity index (χ3v) is 2.42. The van der Waals surface area contributed by atoms with Gasteiger partial charge in [-0.3, -0.25) is 0 Å². The van der Waals surface area contributed by atoms with E-state index in [9.17, 15) is 9.90 Å². The predicted molar refractivity (Wildman–Crippen MR) is 55.0 cm³/mol. The molecule has 87 valence electrons. The Morgan fingerprint density at radius 1 is 1.44 bits per heavy atom. The second-order valence-electron chi connectivity index (χ2n) is 3.49. The molecule has 1 atom stereocenters. The molecule has 2 aromatic rings. The average molecular weight is 267 g/mol. The monoisotopic (exact) mass is 266 g/mol. The van der Waals surface area contributed by atoms with Gasteiger partial charge in [0.25, 0.3) is 0 Å². The zero-order chi connectivity index (χ0) is 10.8. The van der Waals surface area contributed by atoms with Gasteiger partial charge in [0, 0.05) is 23.1 Å². The summed E-state index contributed by atoms with van der Waals surface area (Å²) in [5.41, 5.74) is 7.31. The second-order valence-corrected chi connectivity index (χ2v) is 3.49. The van der Waals surface area contributed by atoms with Crippen LogP contribution in [0.5, 0.6) is 0 Å². The molecule has 0 bridgehead atoms. The van der Waals surface area contributed by atoms with Gasteiger partial charge >= 0.3 is 17.1 Å². The van der Waals surface area contributed by atoms with E-state index in [1.807, 2.05) is 24.3 Å². The first kappa shape index (κ1) is 12.8. The molecule has 0 fully saturated rings. The quantitative estimate of drug-likeness (QED) is 0.754. The van der Waals surface area contributed by atoms with Crippen molar-refractivity contribution < 1.29 is 27.0 Å². The average Bonchev–Trinajstić information content (AvgIpc) is 2.62. The molecule has 1 aromatic carbocycles. The van der Waals surface area contributed by atoms with Crippen LogP contribution in [0.2, 0.25) is 0 Å². The van der Waals surface area contributed by atoms with Gasteiger partial charge in [-0.1, -0.05) is 18.2 Å². The standard InChI is InChI=1S/C11H12N2O2.Cu/c12-9(11(14)15)5-7-6-13-10-4-2-1-3-8(7)10;/h1-4,6,9,13H,5,12H2,(H,14,15);/q;+2/p-1/t9-;/m0./s1. The summed E-state index contributed by atoms with van der Waals surface area (Å²) in [5.74, 6) is -1.22. The van der Waals surface area contributed by atoms with Gasteiger partial charge < -0.3 is 20.6 Å². The molecule has 2 rings (SSSR count). The molecule has 0 saturated heterocycles. The number of nitrogens with two attached hydrogens (primary N) is 1. The van der Waals surface area contributed by atoms with E-state index < -0.39 is 12.0 Å². The number of carboxylic acid groups (broad SMARTS) is 1. The molecule has 0 aliphatic carbocycles. The van der Waals surface area contributed by atoms with E-state index >= 15 is 0 Å². The van der Waals surface area contributed by atoms with Crippen LogP contribution in [-0.4, -0.2) is 17.0 Å². The van der Waals surface area contributed by atoms with Crippen LogP contribution in [0.4, 0.5) is 0 Å². The fourth-order valence-electron chi connectivity index (χ4n) is 1.62. The third-order valence-electron chi connectivity index (χ3n) is 2.42. The van der Waals surface area contributed by atoms with Gasteiger partial charge in [-0.25, -0.2) is 0 Å². The molecule has 0 aliphatic rings. The number of aromatic nitrogens is 1. The second kappa shape index (κ2) is 5.16. The third kappa shape index (κ3) is 2.44. The summed E-state index contributed by atoms with van der Waals surface area (Å²) in [6.07, 6.45) is 2.07. The number of hydrogen-bond donors (Lipinski definition) is 2. The van der Waals surface area contributed by atoms with Crippen LogP contribution in [-0.2, 0) is 28.3 Å². The van der Waals surface area contributed by atoms with Gasteiger partial charge in [0.2, 0.25) is 0 Å². The van der Waals surface area contributed by atoms with E-state index in [1.54, 1.807) is 6.20 Å². The Morgan fingerprint density at radius 2 is 2.12 bits per heavy atom. The summed E-state index contributed by atoms with van der Waals surface area (Å²) in [6.45, 7) is 0. The van der Waals surface area contributed by atoms with Gasteiger partial charge in [0.15, 0.2) is 0 Å². The Labute approximate surface area is 103 Å². The van der Waals surface area contributed by atoms with Crippen molar-refractivity contribution in [2.75, 3.05) is 0 Å². The van der Waals surface area contributed by atoms with Crippen molar-refractivity contribution >= 4 is 16.9 Å². The number of H-pyrrole nitrogens is 1. The molecule has 5 heteroatoms. The number of fused-ring (bicyclic) bond motifs is 1. The van der Waals surface area contributed by atoms with Crippen LogP contribution in [0, 0.1) is 0 Å². The van der Waals surface area contributed by atoms with Gasteiger partial charge in [-0.2, -0.15) is 0 Å². The van der Waals surface area contributed by atoms with E-state index in [2.05, 4.69) is 4.98 Å². The summed E-state index contributed by atoms with van der Waals surface area (Å²) in [6, 6.07) is 6.74. The van der Waals surface area contributed by atoms with Crippen molar-refractivity contribution in [3.63, 3.8) is 0 Å². The van der Waals surface area contributed by atoms with E-state index in [0.29, 0.717) is 0 Å². The van der Waals surface area contributed by atoms with Crippen molar-refractivity contribution in [3.05, 3.63) is 36.0 Å². The van der Waals surface area contributed by atoms with Crippen molar-refractivity contribution in [1.29, 1.82) is 0 Å². The van der Waals surface area contributed by atoms with Crippen molar-refractivity contribution in [1.82, 2.24) is 4.98 Å². The molecule has 0 saturated carbocycles. The number of aliphatic carboxylic acids is 1. The summed E-state index contributed by atoms with van der Waals surface area (Å²) >= 11 is 0. The van der Waals surface area contributed by atoms with Gasteiger partial charge in [-0.05, 0) is 18.1 Å². The van der Waals surface area contributed by atoms with Crippen molar-refractivity contribution in [2.24, 2.45) is 5.73 Å². The Balaban J connectivity index is 0.00000128. The first-order valence-corrected chi connectivity index (χ1v) is 4.70. The molecule has 0 unspecified atom stereocenters. The van der Waals surface area contributed by atoms with Crippen LogP contribution in [0.15, 0.2) is 30.5 Å². The number of rotatable bonds is 3. The predicted octanol–water partition coefficient (Wildman–Crippen LogP) is -0.215. The molecule has 3 N–H and O–H groups in total. The number of carbonyl (C=O) groups is 1. The summed E-state index contributed by atoms with van der Waals surface area (Å²) in [4.78, 5) is 13.6. The first-order valence-electron chi connectivity index (χ1n) is 4.70. The number of aromatic amines is 1. The Hall–Kier alpha value is -1.29. The molecule has 4 nitrogen and oxygen atoms in total. The molecule has 0 amide bonds. The zero-order valence-electron chi connectivity index (χ0n) is 8.37. The topological polar surface area (TPSA) is 81.9 Å². The molecular formula is C11H11CuN2O2+. The van der Waals surface area contributed by atoms with Crippen LogP contribution in [0.1, 0.15) is 5.56 Å². The van der Waals surface area contributed by atoms with Gasteiger partial charge in [0.05, 0.1) is 5.97 Å². The van der Waals surface area contributed by atoms with Crippen LogP contribution in [0.3, 0.4) is 0 Å². The molecule has 0 spiro atoms. The van der Waals surface area contributed by atoms with Crippen LogP contribution in [0.25, 0.3) is 10.9 Å². The van der Waals surface area contributed by atoms with Crippen LogP contribution < -0.4 is 10.8 Å². The number of para-hydroxylation sites is 1. The fraction of sp³-hybridized carbons (Fsp3) is 0.182. The van der Waals surface area contributed by atoms with Crippen LogP contribution >= 0.6 is 0 Å². The maximum absolute atomic E-state index is 10.5. The van der Waals surface area contributed by atoms with Gasteiger partial charge in [0.1, 0.15) is 0 Å². The maximum atomic E-state index is 10.5. The van der Waals surface area contributed by atoms with E-state index in [-0.39, 0.29) is 23.5 Å². The molecule has 16 heavy (non-hydrogen) atoms. The zero-order valence-corrected chi connectivity index (χ0v) is 9.31. The van der Waals surface area contributed by atoms with E-state index in [1.165, 1.54) is 0 Å². The Kier molecular flexibility index (Phi) is 4.12. The smallest absolute Gasteiger partial charge is 0.548 e. The molecule has 1 aromatic heterocycles. The molecule has 1 heterocycles. The largest absolute Gasteiger partial charge is 2.00 e. The number of carboxylic acids is 1. The summed E-state index contributed by atoms with van der Waals surface area (Å²) in [5, 5.41) is 11.5. The minimum atomic E-state index is -1.22. The summed E-state index contributed by atoms with van der Waals surface area (Å²) < 4.78 is 0. The Bertz CT molecular complexity index is 495. The number of nitrogens with one attached hydrogen (secondary N) is 1. The van der Waals surface area contributed by atoms with E-state index in [0.717, 1.165) is 16.5 Å². The molecule has 1 radical (unpaired) electrons. The number of carbonyl (C=O) groups excluding carboxylic acids is 1. The maximum Gasteiger partial charge on any atom is 2.00 e. The number of benzene rings is 1. The molecule has 0 aliphatic heterocycles. The molecular weight excluding hydrogens is 256 g/mol. The SMILES string of the molecule is N[C@@H](Cc1c[nH]c2ccccc12)C(=O)[O-].[Cu+2]. The first-order chi connectivity index (χ1) is 7.18. The Morgan fingerprint density at radius 3 is 2.81 bits per heavy atom. The van der Waals surface area contributed by atoms with Crippen molar-refractivity contribution in [2.45, 2.75) is 12.5 Å². The number of hydrogen-bond acceptors (Lipinski definition) is 3.